The molecule has 2 aromatic carbocycles. The molecule has 2 saturated carbocycles. The van der Waals surface area contributed by atoms with Crippen molar-refractivity contribution < 1.29 is 27.8 Å². The van der Waals surface area contributed by atoms with Gasteiger partial charge in [-0.1, -0.05) is 73.4 Å². The third-order valence-corrected chi connectivity index (χ3v) is 13.5. The zero-order valence-corrected chi connectivity index (χ0v) is 46.0. The Morgan fingerprint density at radius 2 is 0.961 bits per heavy atom. The molecule has 8 rings (SSSR count). The number of aromatic nitrogens is 4. The monoisotopic (exact) mass is 1080 g/mol. The van der Waals surface area contributed by atoms with E-state index in [-0.39, 0.29) is 59.8 Å². The molecule has 2 aliphatic rings. The lowest BCUT2D eigenvalue weighted by Gasteiger charge is -2.35. The van der Waals surface area contributed by atoms with Crippen molar-refractivity contribution in [1.82, 2.24) is 30.6 Å². The molecule has 404 valence electrons. The van der Waals surface area contributed by atoms with Crippen LogP contribution in [0.15, 0.2) is 109 Å². The maximum absolute atomic E-state index is 13.5. The molecule has 18 heteroatoms. The first-order valence-electron chi connectivity index (χ1n) is 25.9. The number of benzene rings is 2. The Balaban J connectivity index is 0.000000221. The number of nitrogens with zero attached hydrogens (tertiary/aromatic N) is 4. The number of anilines is 4. The highest BCUT2D eigenvalue weighted by Gasteiger charge is 2.32. The average molecular weight is 1080 g/mol. The first-order valence-corrected chi connectivity index (χ1v) is 26.6. The van der Waals surface area contributed by atoms with Crippen LogP contribution in [0.4, 0.5) is 41.6 Å². The van der Waals surface area contributed by atoms with Crippen molar-refractivity contribution in [1.29, 1.82) is 0 Å². The fourth-order valence-electron chi connectivity index (χ4n) is 9.29. The summed E-state index contributed by atoms with van der Waals surface area (Å²) in [6.07, 6.45) is 7.77. The van der Waals surface area contributed by atoms with Crippen molar-refractivity contribution in [2.45, 2.75) is 142 Å². The molecule has 4 heterocycles. The quantitative estimate of drug-likeness (QED) is 0.0610. The summed E-state index contributed by atoms with van der Waals surface area (Å²) in [6, 6.07) is 28.7. The normalized spacial score (nSPS) is 19.5. The van der Waals surface area contributed by atoms with E-state index < -0.39 is 11.2 Å². The lowest BCUT2D eigenvalue weighted by atomic mass is 9.82. The molecule has 2 amide bonds. The molecule has 6 atom stereocenters. The fraction of sp³-hybridized carbons (Fsp3) is 0.414. The summed E-state index contributed by atoms with van der Waals surface area (Å²) in [5.41, 5.74) is 3.59. The number of halogens is 4. The summed E-state index contributed by atoms with van der Waals surface area (Å²) in [6.45, 7) is 16.4. The second-order valence-corrected chi connectivity index (χ2v) is 22.5. The SMILES string of the molecule is C[C@@H]1C[C@H](Nc2cc(-c3cccc(NCc4cccc(F)c4)n3)c(Cl)cn2)CC[C@H]1NC(=O)OC(C)(C)C.C[C@H]1C[C@@H](Nc2cc(-c3cccc(NCc4cccc(F)c4)n3)c(Cl)cn2)CC[C@@H]1NC(=O)OC(C)(C)C. The Labute approximate surface area is 455 Å². The Morgan fingerprint density at radius 3 is 1.33 bits per heavy atom. The van der Waals surface area contributed by atoms with E-state index in [4.69, 9.17) is 42.6 Å². The molecule has 76 heavy (non-hydrogen) atoms. The van der Waals surface area contributed by atoms with Crippen LogP contribution in [-0.4, -0.2) is 67.5 Å². The molecule has 0 bridgehead atoms. The third kappa shape index (κ3) is 17.7. The van der Waals surface area contributed by atoms with Crippen molar-refractivity contribution in [3.8, 4) is 22.5 Å². The lowest BCUT2D eigenvalue weighted by Crippen LogP contribution is -2.46. The largest absolute Gasteiger partial charge is 0.444 e. The van der Waals surface area contributed by atoms with Gasteiger partial charge in [0.2, 0.25) is 0 Å². The van der Waals surface area contributed by atoms with E-state index in [0.29, 0.717) is 46.2 Å². The topological polar surface area (TPSA) is 176 Å². The van der Waals surface area contributed by atoms with Gasteiger partial charge >= 0.3 is 12.2 Å². The van der Waals surface area contributed by atoms with Crippen molar-refractivity contribution in [2.75, 3.05) is 21.3 Å². The Bertz CT molecular complexity index is 2730. The maximum Gasteiger partial charge on any atom is 0.407 e. The van der Waals surface area contributed by atoms with Gasteiger partial charge in [0.15, 0.2) is 0 Å². The number of hydrogen-bond donors (Lipinski definition) is 6. The van der Waals surface area contributed by atoms with Gasteiger partial charge in [0.1, 0.15) is 46.1 Å². The summed E-state index contributed by atoms with van der Waals surface area (Å²) < 4.78 is 37.8. The Hall–Kier alpha value is -6.78. The first-order chi connectivity index (χ1) is 36.1. The fourth-order valence-corrected chi connectivity index (χ4v) is 9.69. The number of rotatable bonds is 14. The van der Waals surface area contributed by atoms with Crippen molar-refractivity contribution in [3.05, 3.63) is 142 Å². The second-order valence-electron chi connectivity index (χ2n) is 21.7. The van der Waals surface area contributed by atoms with Crippen LogP contribution in [0.25, 0.3) is 22.5 Å². The zero-order chi connectivity index (χ0) is 54.6. The minimum absolute atomic E-state index is 0.0726. The molecule has 2 aliphatic carbocycles. The van der Waals surface area contributed by atoms with Gasteiger partial charge in [0.25, 0.3) is 0 Å². The van der Waals surface area contributed by atoms with Gasteiger partial charge in [-0.3, -0.25) is 0 Å². The van der Waals surface area contributed by atoms with E-state index in [1.165, 1.54) is 24.3 Å². The molecule has 0 unspecified atom stereocenters. The standard InChI is InChI=1S/2C29H35ClFN5O2/c2*1-18-13-21(11-12-24(18)36-28(37)38-29(2,3)4)34-27-15-22(23(30)17-33-27)25-9-6-10-26(35-25)32-16-19-7-5-8-20(31)14-19/h2*5-10,14-15,17-18,21,24H,11-13,16H2,1-4H3,(H,32,35)(H,33,34)(H,36,37)/t2*18-,21-,24-/m10/s1. The number of amides is 2. The molecule has 0 radical (unpaired) electrons. The number of hydrogen-bond acceptors (Lipinski definition) is 12. The van der Waals surface area contributed by atoms with Gasteiger partial charge < -0.3 is 41.4 Å². The van der Waals surface area contributed by atoms with E-state index in [1.807, 2.05) is 102 Å². The van der Waals surface area contributed by atoms with Gasteiger partial charge in [0, 0.05) is 60.8 Å². The van der Waals surface area contributed by atoms with Crippen LogP contribution in [0.3, 0.4) is 0 Å². The van der Waals surface area contributed by atoms with Crippen LogP contribution in [0.1, 0.15) is 105 Å². The number of alkyl carbamates (subject to hydrolysis) is 2. The predicted molar refractivity (Wildman–Crippen MR) is 300 cm³/mol. The van der Waals surface area contributed by atoms with Crippen molar-refractivity contribution >= 4 is 58.7 Å². The maximum atomic E-state index is 13.5. The minimum atomic E-state index is -0.518. The molecule has 0 saturated heterocycles. The Kier molecular flexibility index (Phi) is 19.4. The van der Waals surface area contributed by atoms with Crippen LogP contribution in [0.2, 0.25) is 10.0 Å². The average Bonchev–Trinajstić information content (AvgIpc) is 3.35. The zero-order valence-electron chi connectivity index (χ0n) is 44.4. The van der Waals surface area contributed by atoms with Gasteiger partial charge in [0.05, 0.1) is 21.4 Å². The molecule has 6 aromatic rings. The highest BCUT2D eigenvalue weighted by molar-refractivity contribution is 6.33. The molecule has 6 N–H and O–H groups in total. The van der Waals surface area contributed by atoms with Crippen LogP contribution in [0, 0.1) is 23.5 Å². The second kappa shape index (κ2) is 25.8. The molecule has 4 aromatic heterocycles. The molecular weight excluding hydrogens is 1010 g/mol. The van der Waals surface area contributed by atoms with Crippen LogP contribution < -0.4 is 31.9 Å². The molecule has 14 nitrogen and oxygen atoms in total. The van der Waals surface area contributed by atoms with E-state index in [9.17, 15) is 18.4 Å². The van der Waals surface area contributed by atoms with Gasteiger partial charge in [-0.2, -0.15) is 0 Å². The highest BCUT2D eigenvalue weighted by Crippen LogP contribution is 2.34. The predicted octanol–water partition coefficient (Wildman–Crippen LogP) is 14.1. The van der Waals surface area contributed by atoms with Gasteiger partial charge in [-0.15, -0.1) is 0 Å². The number of pyridine rings is 4. The van der Waals surface area contributed by atoms with E-state index >= 15 is 0 Å². The summed E-state index contributed by atoms with van der Waals surface area (Å²) in [4.78, 5) is 42.8. The molecular formula is C58H70Cl2F2N10O4. The van der Waals surface area contributed by atoms with Crippen LogP contribution >= 0.6 is 23.2 Å². The number of carbonyl (C=O) groups excluding carboxylic acids is 2. The minimum Gasteiger partial charge on any atom is -0.444 e. The van der Waals surface area contributed by atoms with E-state index in [1.54, 1.807) is 24.5 Å². The first kappa shape index (κ1) is 56.9. The summed E-state index contributed by atoms with van der Waals surface area (Å²) in [5, 5.41) is 20.6. The molecule has 0 aliphatic heterocycles. The Morgan fingerprint density at radius 1 is 0.566 bits per heavy atom. The summed E-state index contributed by atoms with van der Waals surface area (Å²) >= 11 is 13.0. The van der Waals surface area contributed by atoms with E-state index in [2.05, 4.69) is 55.7 Å². The number of carbonyl (C=O) groups is 2. The van der Waals surface area contributed by atoms with Crippen molar-refractivity contribution in [2.24, 2.45) is 11.8 Å². The number of ether oxygens (including phenoxy) is 2. The third-order valence-electron chi connectivity index (χ3n) is 12.9. The lowest BCUT2D eigenvalue weighted by molar-refractivity contribution is 0.0460. The van der Waals surface area contributed by atoms with Gasteiger partial charge in [-0.25, -0.2) is 38.3 Å². The van der Waals surface area contributed by atoms with E-state index in [0.717, 1.165) is 72.4 Å². The summed E-state index contributed by atoms with van der Waals surface area (Å²) in [7, 11) is 0. The van der Waals surface area contributed by atoms with Crippen LogP contribution in [-0.2, 0) is 22.6 Å². The number of nitrogens with one attached hydrogen (secondary N) is 6. The summed E-state index contributed by atoms with van der Waals surface area (Å²) in [5.74, 6) is 2.80. The highest BCUT2D eigenvalue weighted by atomic mass is 35.5. The molecule has 0 spiro atoms. The van der Waals surface area contributed by atoms with Crippen LogP contribution in [0.5, 0.6) is 0 Å². The molecule has 2 fully saturated rings. The smallest absolute Gasteiger partial charge is 0.407 e. The van der Waals surface area contributed by atoms with Crippen molar-refractivity contribution in [3.63, 3.8) is 0 Å². The van der Waals surface area contributed by atoms with Gasteiger partial charge in [-0.05, 0) is 164 Å².